The highest BCUT2D eigenvalue weighted by atomic mass is 16.2. The van der Waals surface area contributed by atoms with Crippen molar-refractivity contribution in [1.82, 2.24) is 10.6 Å². The number of hydrogen-bond acceptors (Lipinski definition) is 3. The fraction of sp³-hybridized carbons (Fsp3) is 0.300. The van der Waals surface area contributed by atoms with Gasteiger partial charge in [-0.2, -0.15) is 0 Å². The van der Waals surface area contributed by atoms with Gasteiger partial charge in [0.1, 0.15) is 5.41 Å². The molecule has 1 aliphatic heterocycles. The van der Waals surface area contributed by atoms with E-state index in [0.29, 0.717) is 0 Å². The monoisotopic (exact) mass is 208 g/mol. The van der Waals surface area contributed by atoms with E-state index in [1.807, 2.05) is 0 Å². The number of allylic oxidation sites excluding steroid dienone is 2. The van der Waals surface area contributed by atoms with Crippen molar-refractivity contribution in [3.8, 4) is 0 Å². The molecule has 0 aromatic carbocycles. The Balaban J connectivity index is 3.10. The highest BCUT2D eigenvalue weighted by molar-refractivity contribution is 6.20. The molecule has 5 nitrogen and oxygen atoms in total. The second-order valence-electron chi connectivity index (χ2n) is 3.16. The number of carbonyl (C=O) groups is 3. The van der Waals surface area contributed by atoms with Gasteiger partial charge in [0.05, 0.1) is 0 Å². The first-order valence-corrected chi connectivity index (χ1v) is 4.54. The van der Waals surface area contributed by atoms with Gasteiger partial charge in [0.15, 0.2) is 0 Å². The van der Waals surface area contributed by atoms with E-state index in [2.05, 4.69) is 17.2 Å². The van der Waals surface area contributed by atoms with Crippen LogP contribution in [-0.2, 0) is 9.59 Å². The molecule has 0 saturated carbocycles. The van der Waals surface area contributed by atoms with Gasteiger partial charge in [-0.05, 0) is 6.42 Å². The van der Waals surface area contributed by atoms with Gasteiger partial charge in [0, 0.05) is 0 Å². The van der Waals surface area contributed by atoms with Gasteiger partial charge >= 0.3 is 6.03 Å². The standard InChI is InChI=1S/C10H12N2O3/c1-3-5-6-10(4-2)7(13)11-9(15)12-8(10)14/h3,5-6H,1,4H2,2H3,(H2,11,12,13,14,15). The van der Waals surface area contributed by atoms with Crippen LogP contribution in [0.2, 0.25) is 0 Å². The Hall–Kier alpha value is -1.91. The van der Waals surface area contributed by atoms with Crippen molar-refractivity contribution in [3.63, 3.8) is 0 Å². The number of urea groups is 1. The zero-order chi connectivity index (χ0) is 11.5. The minimum absolute atomic E-state index is 0.280. The van der Waals surface area contributed by atoms with Crippen molar-refractivity contribution < 1.29 is 14.4 Å². The molecular formula is C10H12N2O3. The zero-order valence-corrected chi connectivity index (χ0v) is 8.37. The SMILES string of the molecule is C=CC=CC1(CC)C(=O)NC(=O)NC1=O. The van der Waals surface area contributed by atoms with E-state index >= 15 is 0 Å². The molecule has 0 spiro atoms. The molecule has 80 valence electrons. The Morgan fingerprint density at radius 3 is 2.20 bits per heavy atom. The molecule has 15 heavy (non-hydrogen) atoms. The van der Waals surface area contributed by atoms with Crippen LogP contribution in [0.4, 0.5) is 4.79 Å². The third kappa shape index (κ3) is 1.81. The lowest BCUT2D eigenvalue weighted by Crippen LogP contribution is -2.61. The van der Waals surface area contributed by atoms with Crippen molar-refractivity contribution in [2.75, 3.05) is 0 Å². The first-order valence-electron chi connectivity index (χ1n) is 4.54. The fourth-order valence-corrected chi connectivity index (χ4v) is 1.39. The number of rotatable bonds is 3. The lowest BCUT2D eigenvalue weighted by Gasteiger charge is -2.30. The highest BCUT2D eigenvalue weighted by Gasteiger charge is 2.46. The molecule has 2 N–H and O–H groups in total. The van der Waals surface area contributed by atoms with E-state index in [1.165, 1.54) is 18.2 Å². The fourth-order valence-electron chi connectivity index (χ4n) is 1.39. The first-order chi connectivity index (χ1) is 7.06. The maximum atomic E-state index is 11.6. The van der Waals surface area contributed by atoms with Crippen molar-refractivity contribution in [3.05, 3.63) is 24.8 Å². The molecule has 1 heterocycles. The number of hydrogen-bond donors (Lipinski definition) is 2. The summed E-state index contributed by atoms with van der Waals surface area (Å²) in [7, 11) is 0. The molecule has 0 unspecified atom stereocenters. The molecule has 0 radical (unpaired) electrons. The molecule has 0 atom stereocenters. The van der Waals surface area contributed by atoms with Crippen LogP contribution in [-0.4, -0.2) is 17.8 Å². The van der Waals surface area contributed by atoms with Crippen LogP contribution >= 0.6 is 0 Å². The minimum Gasteiger partial charge on any atom is -0.277 e. The normalized spacial score (nSPS) is 19.9. The number of carbonyl (C=O) groups excluding carboxylic acids is 3. The summed E-state index contributed by atoms with van der Waals surface area (Å²) in [5.41, 5.74) is -1.30. The van der Waals surface area contributed by atoms with Crippen LogP contribution in [0, 0.1) is 5.41 Å². The van der Waals surface area contributed by atoms with E-state index in [-0.39, 0.29) is 6.42 Å². The Morgan fingerprint density at radius 2 is 1.80 bits per heavy atom. The molecule has 0 aliphatic carbocycles. The number of barbiturate groups is 1. The van der Waals surface area contributed by atoms with Crippen LogP contribution < -0.4 is 10.6 Å². The van der Waals surface area contributed by atoms with E-state index in [4.69, 9.17) is 0 Å². The van der Waals surface area contributed by atoms with Gasteiger partial charge in [-0.1, -0.05) is 31.7 Å². The van der Waals surface area contributed by atoms with E-state index in [1.54, 1.807) is 6.92 Å². The van der Waals surface area contributed by atoms with Gasteiger partial charge < -0.3 is 0 Å². The minimum atomic E-state index is -1.30. The second kappa shape index (κ2) is 4.08. The van der Waals surface area contributed by atoms with Gasteiger partial charge in [-0.25, -0.2) is 4.79 Å². The zero-order valence-electron chi connectivity index (χ0n) is 8.37. The second-order valence-corrected chi connectivity index (χ2v) is 3.16. The molecule has 1 fully saturated rings. The summed E-state index contributed by atoms with van der Waals surface area (Å²) in [6.45, 7) is 5.16. The van der Waals surface area contributed by atoms with Crippen LogP contribution in [0.5, 0.6) is 0 Å². The Morgan fingerprint density at radius 1 is 1.27 bits per heavy atom. The van der Waals surface area contributed by atoms with Crippen LogP contribution in [0.25, 0.3) is 0 Å². The average Bonchev–Trinajstić information content (AvgIpc) is 2.17. The first kappa shape index (κ1) is 11.2. The van der Waals surface area contributed by atoms with E-state index in [9.17, 15) is 14.4 Å². The lowest BCUT2D eigenvalue weighted by atomic mass is 9.81. The molecule has 4 amide bonds. The Bertz CT molecular complexity index is 338. The molecule has 5 heteroatoms. The maximum Gasteiger partial charge on any atom is 0.328 e. The third-order valence-corrected chi connectivity index (χ3v) is 2.34. The lowest BCUT2D eigenvalue weighted by molar-refractivity contribution is -0.141. The summed E-state index contributed by atoms with van der Waals surface area (Å²) in [4.78, 5) is 34.0. The van der Waals surface area contributed by atoms with Gasteiger partial charge in [-0.3, -0.25) is 20.2 Å². The van der Waals surface area contributed by atoms with E-state index in [0.717, 1.165) is 0 Å². The van der Waals surface area contributed by atoms with Crippen LogP contribution in [0.1, 0.15) is 13.3 Å². The Kier molecular flexibility index (Phi) is 3.04. The number of nitrogens with one attached hydrogen (secondary N) is 2. The molecule has 1 rings (SSSR count). The topological polar surface area (TPSA) is 75.3 Å². The van der Waals surface area contributed by atoms with Gasteiger partial charge in [0.25, 0.3) is 0 Å². The average molecular weight is 208 g/mol. The predicted molar refractivity (Wildman–Crippen MR) is 53.7 cm³/mol. The molecule has 0 bridgehead atoms. The van der Waals surface area contributed by atoms with Gasteiger partial charge in [-0.15, -0.1) is 0 Å². The summed E-state index contributed by atoms with van der Waals surface area (Å²) in [6.07, 6.45) is 4.70. The summed E-state index contributed by atoms with van der Waals surface area (Å²) in [5, 5.41) is 4.13. The van der Waals surface area contributed by atoms with Gasteiger partial charge in [0.2, 0.25) is 11.8 Å². The van der Waals surface area contributed by atoms with Crippen molar-refractivity contribution >= 4 is 17.8 Å². The van der Waals surface area contributed by atoms with Crippen molar-refractivity contribution in [2.24, 2.45) is 5.41 Å². The van der Waals surface area contributed by atoms with Crippen LogP contribution in [0.15, 0.2) is 24.8 Å². The molecular weight excluding hydrogens is 196 g/mol. The highest BCUT2D eigenvalue weighted by Crippen LogP contribution is 2.26. The summed E-state index contributed by atoms with van der Waals surface area (Å²) >= 11 is 0. The van der Waals surface area contributed by atoms with Crippen molar-refractivity contribution in [1.29, 1.82) is 0 Å². The summed E-state index contributed by atoms with van der Waals surface area (Å²) < 4.78 is 0. The number of imide groups is 2. The summed E-state index contributed by atoms with van der Waals surface area (Å²) in [5.74, 6) is -1.20. The molecule has 1 saturated heterocycles. The van der Waals surface area contributed by atoms with E-state index < -0.39 is 23.3 Å². The van der Waals surface area contributed by atoms with Crippen molar-refractivity contribution in [2.45, 2.75) is 13.3 Å². The quantitative estimate of drug-likeness (QED) is 0.523. The maximum absolute atomic E-state index is 11.6. The third-order valence-electron chi connectivity index (χ3n) is 2.34. The van der Waals surface area contributed by atoms with Crippen LogP contribution in [0.3, 0.4) is 0 Å². The number of amides is 4. The predicted octanol–water partition coefficient (Wildman–Crippen LogP) is 0.491. The Labute approximate surface area is 87.2 Å². The smallest absolute Gasteiger partial charge is 0.277 e. The molecule has 1 aliphatic rings. The molecule has 0 aromatic heterocycles. The summed E-state index contributed by atoms with van der Waals surface area (Å²) in [6, 6.07) is -0.777. The largest absolute Gasteiger partial charge is 0.328 e. The molecule has 0 aromatic rings.